The maximum atomic E-state index is 5.27. The van der Waals surface area contributed by atoms with Gasteiger partial charge in [0.05, 0.1) is 0 Å². The second kappa shape index (κ2) is 2.31. The standard InChI is InChI=1S/C6H8OS2/c1-3-6(2)4-9-5(8)7-6/h3H,1,4H2,2H3. The Bertz CT molecular complexity index is 155. The van der Waals surface area contributed by atoms with Gasteiger partial charge in [0, 0.05) is 5.75 Å². The van der Waals surface area contributed by atoms with Crippen LogP contribution in [0, 0.1) is 0 Å². The molecule has 0 aromatic heterocycles. The molecule has 1 aliphatic rings. The number of hydrogen-bond donors (Lipinski definition) is 0. The largest absolute Gasteiger partial charge is 0.467 e. The molecular weight excluding hydrogens is 152 g/mol. The Kier molecular flexibility index (Phi) is 1.82. The fourth-order valence-corrected chi connectivity index (χ4v) is 1.75. The monoisotopic (exact) mass is 160 g/mol. The highest BCUT2D eigenvalue weighted by molar-refractivity contribution is 8.22. The maximum Gasteiger partial charge on any atom is 0.221 e. The van der Waals surface area contributed by atoms with Crippen molar-refractivity contribution in [3.05, 3.63) is 12.7 Å². The number of rotatable bonds is 1. The fraction of sp³-hybridized carbons (Fsp3) is 0.500. The molecule has 1 saturated heterocycles. The zero-order valence-electron chi connectivity index (χ0n) is 5.22. The zero-order valence-corrected chi connectivity index (χ0v) is 6.85. The van der Waals surface area contributed by atoms with Crippen molar-refractivity contribution in [2.45, 2.75) is 12.5 Å². The summed E-state index contributed by atoms with van der Waals surface area (Å²) < 4.78 is 5.91. The second-order valence-corrected chi connectivity index (χ2v) is 3.73. The van der Waals surface area contributed by atoms with Gasteiger partial charge in [-0.2, -0.15) is 0 Å². The minimum Gasteiger partial charge on any atom is -0.467 e. The van der Waals surface area contributed by atoms with Crippen molar-refractivity contribution in [1.82, 2.24) is 0 Å². The Morgan fingerprint density at radius 3 is 2.89 bits per heavy atom. The summed E-state index contributed by atoms with van der Waals surface area (Å²) in [4.78, 5) is 0. The highest BCUT2D eigenvalue weighted by Gasteiger charge is 2.30. The molecule has 1 atom stereocenters. The molecule has 1 rings (SSSR count). The molecule has 0 bridgehead atoms. The van der Waals surface area contributed by atoms with Crippen LogP contribution < -0.4 is 0 Å². The molecule has 3 heteroatoms. The van der Waals surface area contributed by atoms with E-state index >= 15 is 0 Å². The van der Waals surface area contributed by atoms with Gasteiger partial charge in [0.25, 0.3) is 0 Å². The van der Waals surface area contributed by atoms with Gasteiger partial charge in [0.2, 0.25) is 4.38 Å². The molecule has 1 unspecified atom stereocenters. The molecule has 0 aromatic rings. The lowest BCUT2D eigenvalue weighted by molar-refractivity contribution is 0.175. The van der Waals surface area contributed by atoms with E-state index in [0.717, 1.165) is 5.75 Å². The third kappa shape index (κ3) is 1.46. The smallest absolute Gasteiger partial charge is 0.221 e. The zero-order chi connectivity index (χ0) is 6.91. The van der Waals surface area contributed by atoms with Gasteiger partial charge in [0.15, 0.2) is 0 Å². The van der Waals surface area contributed by atoms with Crippen LogP contribution in [0.5, 0.6) is 0 Å². The Labute approximate surface area is 64.5 Å². The van der Waals surface area contributed by atoms with Crippen molar-refractivity contribution in [3.63, 3.8) is 0 Å². The summed E-state index contributed by atoms with van der Waals surface area (Å²) in [6, 6.07) is 0. The van der Waals surface area contributed by atoms with E-state index in [4.69, 9.17) is 17.0 Å². The molecular formula is C6H8OS2. The minimum atomic E-state index is -0.207. The summed E-state index contributed by atoms with van der Waals surface area (Å²) >= 11 is 6.39. The molecule has 50 valence electrons. The van der Waals surface area contributed by atoms with Crippen LogP contribution in [-0.4, -0.2) is 15.7 Å². The van der Waals surface area contributed by atoms with E-state index < -0.39 is 0 Å². The molecule has 1 fully saturated rings. The van der Waals surface area contributed by atoms with Gasteiger partial charge in [-0.05, 0) is 25.2 Å². The van der Waals surface area contributed by atoms with Crippen LogP contribution in [0.4, 0.5) is 0 Å². The first kappa shape index (κ1) is 7.09. The predicted octanol–water partition coefficient (Wildman–Crippen LogP) is 1.98. The van der Waals surface area contributed by atoms with Crippen LogP contribution in [0.2, 0.25) is 0 Å². The average Bonchev–Trinajstić information content (AvgIpc) is 2.13. The third-order valence-electron chi connectivity index (χ3n) is 1.22. The number of ether oxygens (including phenoxy) is 1. The molecule has 0 spiro atoms. The van der Waals surface area contributed by atoms with E-state index in [1.54, 1.807) is 17.8 Å². The van der Waals surface area contributed by atoms with Crippen LogP contribution in [0.25, 0.3) is 0 Å². The normalized spacial score (nSPS) is 34.1. The lowest BCUT2D eigenvalue weighted by atomic mass is 10.1. The first-order chi connectivity index (χ1) is 4.16. The molecule has 0 saturated carbocycles. The van der Waals surface area contributed by atoms with Crippen molar-refractivity contribution in [3.8, 4) is 0 Å². The fourth-order valence-electron chi connectivity index (χ4n) is 0.552. The molecule has 1 nitrogen and oxygen atoms in total. The van der Waals surface area contributed by atoms with Crippen molar-refractivity contribution >= 4 is 28.4 Å². The SMILES string of the molecule is C=CC1(C)CSC(=S)O1. The molecule has 1 heterocycles. The van der Waals surface area contributed by atoms with E-state index in [1.807, 2.05) is 6.92 Å². The van der Waals surface area contributed by atoms with Gasteiger partial charge in [0.1, 0.15) is 5.60 Å². The van der Waals surface area contributed by atoms with Crippen molar-refractivity contribution in [2.24, 2.45) is 0 Å². The Morgan fingerprint density at radius 1 is 2.00 bits per heavy atom. The van der Waals surface area contributed by atoms with Crippen LogP contribution in [0.15, 0.2) is 12.7 Å². The van der Waals surface area contributed by atoms with E-state index in [0.29, 0.717) is 4.38 Å². The average molecular weight is 160 g/mol. The van der Waals surface area contributed by atoms with E-state index in [1.165, 1.54) is 0 Å². The number of thioether (sulfide) groups is 1. The van der Waals surface area contributed by atoms with Crippen molar-refractivity contribution in [1.29, 1.82) is 0 Å². The second-order valence-electron chi connectivity index (χ2n) is 2.16. The quantitative estimate of drug-likeness (QED) is 0.429. The lowest BCUT2D eigenvalue weighted by Crippen LogP contribution is -2.22. The van der Waals surface area contributed by atoms with Gasteiger partial charge in [-0.25, -0.2) is 0 Å². The highest BCUT2D eigenvalue weighted by Crippen LogP contribution is 2.29. The summed E-state index contributed by atoms with van der Waals surface area (Å²) in [6.07, 6.45) is 1.79. The van der Waals surface area contributed by atoms with Gasteiger partial charge < -0.3 is 4.74 Å². The van der Waals surface area contributed by atoms with Crippen LogP contribution >= 0.6 is 24.0 Å². The first-order valence-corrected chi connectivity index (χ1v) is 4.05. The van der Waals surface area contributed by atoms with Crippen molar-refractivity contribution < 1.29 is 4.74 Å². The maximum absolute atomic E-state index is 5.27. The molecule has 0 aliphatic carbocycles. The van der Waals surface area contributed by atoms with E-state index in [-0.39, 0.29) is 5.60 Å². The van der Waals surface area contributed by atoms with E-state index in [9.17, 15) is 0 Å². The Balaban J connectivity index is 2.65. The molecule has 0 N–H and O–H groups in total. The molecule has 9 heavy (non-hydrogen) atoms. The minimum absolute atomic E-state index is 0.207. The predicted molar refractivity (Wildman–Crippen MR) is 44.7 cm³/mol. The van der Waals surface area contributed by atoms with Gasteiger partial charge in [-0.15, -0.1) is 0 Å². The highest BCUT2D eigenvalue weighted by atomic mass is 32.2. The van der Waals surface area contributed by atoms with Gasteiger partial charge in [-0.1, -0.05) is 18.3 Å². The molecule has 1 aliphatic heterocycles. The third-order valence-corrected chi connectivity index (χ3v) is 2.70. The topological polar surface area (TPSA) is 9.23 Å². The van der Waals surface area contributed by atoms with Crippen LogP contribution in [0.3, 0.4) is 0 Å². The summed E-state index contributed by atoms with van der Waals surface area (Å²) in [5, 5.41) is 0. The summed E-state index contributed by atoms with van der Waals surface area (Å²) in [5.41, 5.74) is -0.207. The van der Waals surface area contributed by atoms with Gasteiger partial charge in [-0.3, -0.25) is 0 Å². The summed E-state index contributed by atoms with van der Waals surface area (Å²) in [7, 11) is 0. The van der Waals surface area contributed by atoms with Gasteiger partial charge >= 0.3 is 0 Å². The molecule has 0 aromatic carbocycles. The summed E-state index contributed by atoms with van der Waals surface area (Å²) in [6.45, 7) is 5.63. The first-order valence-electron chi connectivity index (χ1n) is 2.66. The number of hydrogen-bond acceptors (Lipinski definition) is 3. The number of thiocarbonyl (C=S) groups is 1. The van der Waals surface area contributed by atoms with Crippen molar-refractivity contribution in [2.75, 3.05) is 5.75 Å². The molecule has 0 radical (unpaired) electrons. The Hall–Kier alpha value is -0.0200. The van der Waals surface area contributed by atoms with Crippen LogP contribution in [0.1, 0.15) is 6.92 Å². The summed E-state index contributed by atoms with van der Waals surface area (Å²) in [5.74, 6) is 0.898. The van der Waals surface area contributed by atoms with Crippen LogP contribution in [-0.2, 0) is 4.74 Å². The lowest BCUT2D eigenvalue weighted by Gasteiger charge is -2.15. The Morgan fingerprint density at radius 2 is 2.67 bits per heavy atom. The van der Waals surface area contributed by atoms with E-state index in [2.05, 4.69) is 6.58 Å². The molecule has 0 amide bonds.